The van der Waals surface area contributed by atoms with E-state index in [1.165, 1.54) is 22.3 Å². The lowest BCUT2D eigenvalue weighted by Gasteiger charge is -2.21. The van der Waals surface area contributed by atoms with Crippen molar-refractivity contribution in [3.8, 4) is 0 Å². The molecule has 0 spiro atoms. The molecule has 108 valence electrons. The molecule has 1 unspecified atom stereocenters. The van der Waals surface area contributed by atoms with Crippen LogP contribution in [-0.2, 0) is 10.2 Å². The highest BCUT2D eigenvalue weighted by molar-refractivity contribution is 5.70. The topological polar surface area (TPSA) is 29.5 Å². The molecule has 1 fully saturated rings. The molecule has 2 heteroatoms. The highest BCUT2D eigenvalue weighted by Crippen LogP contribution is 2.51. The van der Waals surface area contributed by atoms with Gasteiger partial charge in [0.05, 0.1) is 0 Å². The lowest BCUT2D eigenvalue weighted by molar-refractivity contribution is -0.0997. The van der Waals surface area contributed by atoms with Crippen molar-refractivity contribution >= 4 is 5.57 Å². The van der Waals surface area contributed by atoms with Gasteiger partial charge in [-0.1, -0.05) is 43.8 Å². The first-order chi connectivity index (χ1) is 9.58. The normalized spacial score (nSPS) is 19.2. The molecule has 0 aliphatic heterocycles. The Morgan fingerprint density at radius 3 is 2.40 bits per heavy atom. The molecule has 1 aliphatic carbocycles. The average molecular weight is 272 g/mol. The fraction of sp³-hybridized carbons (Fsp3) is 0.444. The molecule has 0 radical (unpaired) electrons. The minimum Gasteiger partial charge on any atom is -0.367 e. The second kappa shape index (κ2) is 5.94. The van der Waals surface area contributed by atoms with Crippen LogP contribution in [0.5, 0.6) is 0 Å². The number of aliphatic hydroxyl groups excluding tert-OH is 1. The molecule has 0 saturated heterocycles. The van der Waals surface area contributed by atoms with Crippen molar-refractivity contribution in [1.29, 1.82) is 0 Å². The molecule has 1 atom stereocenters. The number of benzene rings is 1. The summed E-state index contributed by atoms with van der Waals surface area (Å²) in [5.41, 5.74) is 4.76. The third-order valence-electron chi connectivity index (χ3n) is 4.43. The summed E-state index contributed by atoms with van der Waals surface area (Å²) in [5, 5.41) is 10.0. The molecule has 0 bridgehead atoms. The van der Waals surface area contributed by atoms with Gasteiger partial charge < -0.3 is 9.84 Å². The summed E-state index contributed by atoms with van der Waals surface area (Å²) >= 11 is 0. The first kappa shape index (κ1) is 15.0. The van der Waals surface area contributed by atoms with Crippen molar-refractivity contribution in [3.05, 3.63) is 53.6 Å². The maximum Gasteiger partial charge on any atom is 0.163 e. The standard InChI is InChI=1S/C18H24O2/c1-5-13(3)16(6-2)14-7-9-15(10-8-14)18(11-12-18)17(19)20-4/h5,7-10,17,19H,1,6,11-12H2,2-4H3/b16-13+. The van der Waals surface area contributed by atoms with E-state index >= 15 is 0 Å². The molecule has 20 heavy (non-hydrogen) atoms. The molecule has 0 amide bonds. The van der Waals surface area contributed by atoms with Crippen LogP contribution in [0.1, 0.15) is 44.2 Å². The Balaban J connectivity index is 2.30. The maximum atomic E-state index is 10.0. The minimum absolute atomic E-state index is 0.184. The van der Waals surface area contributed by atoms with Crippen LogP contribution in [0.25, 0.3) is 5.57 Å². The Kier molecular flexibility index (Phi) is 4.46. The third kappa shape index (κ3) is 2.58. The largest absolute Gasteiger partial charge is 0.367 e. The molecule has 0 heterocycles. The number of ether oxygens (including phenoxy) is 1. The number of allylic oxidation sites excluding steroid dienone is 3. The van der Waals surface area contributed by atoms with Gasteiger partial charge >= 0.3 is 0 Å². The molecule has 0 aromatic heterocycles. The smallest absolute Gasteiger partial charge is 0.163 e. The van der Waals surface area contributed by atoms with Gasteiger partial charge in [-0.05, 0) is 48.5 Å². The summed E-state index contributed by atoms with van der Waals surface area (Å²) in [6, 6.07) is 8.53. The molecular formula is C18H24O2. The number of hydrogen-bond donors (Lipinski definition) is 1. The Labute approximate surface area is 121 Å². The molecule has 1 aromatic carbocycles. The molecule has 2 rings (SSSR count). The number of aliphatic hydroxyl groups is 1. The second-order valence-electron chi connectivity index (χ2n) is 5.54. The summed E-state index contributed by atoms with van der Waals surface area (Å²) in [6.07, 6.45) is 4.17. The van der Waals surface area contributed by atoms with Crippen molar-refractivity contribution in [3.63, 3.8) is 0 Å². The summed E-state index contributed by atoms with van der Waals surface area (Å²) in [7, 11) is 1.56. The molecule has 2 nitrogen and oxygen atoms in total. The van der Waals surface area contributed by atoms with Crippen LogP contribution in [0, 0.1) is 0 Å². The molecule has 1 N–H and O–H groups in total. The monoisotopic (exact) mass is 272 g/mol. The Morgan fingerprint density at radius 1 is 1.40 bits per heavy atom. The zero-order valence-corrected chi connectivity index (χ0v) is 12.6. The van der Waals surface area contributed by atoms with Gasteiger partial charge in [-0.2, -0.15) is 0 Å². The van der Waals surface area contributed by atoms with Crippen LogP contribution < -0.4 is 0 Å². The van der Waals surface area contributed by atoms with Gasteiger partial charge in [0.2, 0.25) is 0 Å². The van der Waals surface area contributed by atoms with Gasteiger partial charge in [0.25, 0.3) is 0 Å². The van der Waals surface area contributed by atoms with Gasteiger partial charge in [-0.25, -0.2) is 0 Å². The van der Waals surface area contributed by atoms with Gasteiger partial charge in [0.15, 0.2) is 6.29 Å². The first-order valence-electron chi connectivity index (χ1n) is 7.23. The van der Waals surface area contributed by atoms with Crippen LogP contribution in [0.15, 0.2) is 42.5 Å². The predicted octanol–water partition coefficient (Wildman–Crippen LogP) is 4.05. The highest BCUT2D eigenvalue weighted by Gasteiger charge is 2.50. The van der Waals surface area contributed by atoms with Crippen LogP contribution in [-0.4, -0.2) is 18.5 Å². The molecule has 1 aromatic rings. The van der Waals surface area contributed by atoms with E-state index in [9.17, 15) is 5.11 Å². The van der Waals surface area contributed by atoms with Crippen LogP contribution in [0.2, 0.25) is 0 Å². The Morgan fingerprint density at radius 2 is 2.00 bits per heavy atom. The number of methoxy groups -OCH3 is 1. The van der Waals surface area contributed by atoms with Crippen molar-refractivity contribution in [2.24, 2.45) is 0 Å². The van der Waals surface area contributed by atoms with Crippen molar-refractivity contribution in [2.45, 2.75) is 44.8 Å². The van der Waals surface area contributed by atoms with E-state index in [1.807, 2.05) is 6.08 Å². The lowest BCUT2D eigenvalue weighted by atomic mass is 9.91. The van der Waals surface area contributed by atoms with Crippen molar-refractivity contribution in [1.82, 2.24) is 0 Å². The van der Waals surface area contributed by atoms with E-state index in [-0.39, 0.29) is 5.41 Å². The van der Waals surface area contributed by atoms with Gasteiger partial charge in [0.1, 0.15) is 0 Å². The van der Waals surface area contributed by atoms with Gasteiger partial charge in [-0.3, -0.25) is 0 Å². The van der Waals surface area contributed by atoms with E-state index in [2.05, 4.69) is 44.7 Å². The van der Waals surface area contributed by atoms with E-state index in [1.54, 1.807) is 7.11 Å². The Bertz CT molecular complexity index is 507. The summed E-state index contributed by atoms with van der Waals surface area (Å²) in [5.74, 6) is 0. The van der Waals surface area contributed by atoms with Gasteiger partial charge in [0, 0.05) is 12.5 Å². The van der Waals surface area contributed by atoms with E-state index in [4.69, 9.17) is 4.74 Å². The predicted molar refractivity (Wildman–Crippen MR) is 83.5 cm³/mol. The third-order valence-corrected chi connectivity index (χ3v) is 4.43. The van der Waals surface area contributed by atoms with E-state index in [0.717, 1.165) is 19.3 Å². The van der Waals surface area contributed by atoms with Crippen LogP contribution >= 0.6 is 0 Å². The quantitative estimate of drug-likeness (QED) is 0.625. The average Bonchev–Trinajstić information content (AvgIpc) is 3.29. The van der Waals surface area contributed by atoms with Crippen LogP contribution in [0.3, 0.4) is 0 Å². The number of rotatable bonds is 6. The van der Waals surface area contributed by atoms with E-state index < -0.39 is 6.29 Å². The first-order valence-corrected chi connectivity index (χ1v) is 7.23. The second-order valence-corrected chi connectivity index (χ2v) is 5.54. The SMILES string of the molecule is C=C/C(C)=C(\CC)c1ccc(C2(C(O)OC)CC2)cc1. The Hall–Kier alpha value is -1.38. The summed E-state index contributed by atoms with van der Waals surface area (Å²) in [6.45, 7) is 8.10. The molecular weight excluding hydrogens is 248 g/mol. The summed E-state index contributed by atoms with van der Waals surface area (Å²) in [4.78, 5) is 0. The zero-order valence-electron chi connectivity index (χ0n) is 12.6. The van der Waals surface area contributed by atoms with Crippen molar-refractivity contribution in [2.75, 3.05) is 7.11 Å². The molecule has 1 saturated carbocycles. The minimum atomic E-state index is -0.704. The fourth-order valence-corrected chi connectivity index (χ4v) is 2.88. The maximum absolute atomic E-state index is 10.0. The van der Waals surface area contributed by atoms with E-state index in [0.29, 0.717) is 0 Å². The summed E-state index contributed by atoms with van der Waals surface area (Å²) < 4.78 is 5.12. The van der Waals surface area contributed by atoms with Crippen molar-refractivity contribution < 1.29 is 9.84 Å². The highest BCUT2D eigenvalue weighted by atomic mass is 16.6. The molecule has 1 aliphatic rings. The van der Waals surface area contributed by atoms with Crippen LogP contribution in [0.4, 0.5) is 0 Å². The van der Waals surface area contributed by atoms with Gasteiger partial charge in [-0.15, -0.1) is 0 Å². The lowest BCUT2D eigenvalue weighted by Crippen LogP contribution is -2.27. The number of hydrogen-bond acceptors (Lipinski definition) is 2. The fourth-order valence-electron chi connectivity index (χ4n) is 2.88. The zero-order chi connectivity index (χ0) is 14.8.